The molecule has 0 radical (unpaired) electrons. The predicted molar refractivity (Wildman–Crippen MR) is 125 cm³/mol. The summed E-state index contributed by atoms with van der Waals surface area (Å²) in [5, 5.41) is 5.09. The van der Waals surface area contributed by atoms with Crippen LogP contribution in [0.1, 0.15) is 24.5 Å². The highest BCUT2D eigenvalue weighted by Gasteiger charge is 2.26. The average Bonchev–Trinajstić information content (AvgIpc) is 2.83. The number of carbonyl (C=O) groups excluding carboxylic acids is 4. The maximum absolute atomic E-state index is 13.0. The van der Waals surface area contributed by atoms with Crippen molar-refractivity contribution in [3.05, 3.63) is 83.9 Å². The van der Waals surface area contributed by atoms with E-state index in [1.165, 1.54) is 6.08 Å². The van der Waals surface area contributed by atoms with Crippen LogP contribution in [-0.4, -0.2) is 42.6 Å². The van der Waals surface area contributed by atoms with Crippen LogP contribution in [0.3, 0.4) is 0 Å². The van der Waals surface area contributed by atoms with Crippen molar-refractivity contribution in [3.63, 3.8) is 0 Å². The molecule has 0 spiro atoms. The number of nitrogens with one attached hydrogen (secondary N) is 2. The van der Waals surface area contributed by atoms with Gasteiger partial charge < -0.3 is 25.8 Å². The van der Waals surface area contributed by atoms with Gasteiger partial charge in [0.2, 0.25) is 11.8 Å². The van der Waals surface area contributed by atoms with Crippen molar-refractivity contribution in [2.45, 2.75) is 38.5 Å². The maximum Gasteiger partial charge on any atom is 0.408 e. The van der Waals surface area contributed by atoms with E-state index in [2.05, 4.69) is 10.6 Å². The number of amides is 3. The lowest BCUT2D eigenvalue weighted by Gasteiger charge is -2.21. The molecule has 0 saturated carbocycles. The summed E-state index contributed by atoms with van der Waals surface area (Å²) >= 11 is 0. The van der Waals surface area contributed by atoms with Crippen molar-refractivity contribution in [2.24, 2.45) is 5.73 Å². The number of esters is 1. The lowest BCUT2D eigenvalue weighted by atomic mass is 10.0. The van der Waals surface area contributed by atoms with E-state index < -0.39 is 36.0 Å². The predicted octanol–water partition coefficient (Wildman–Crippen LogP) is 2.00. The molecular weight excluding hydrogens is 438 g/mol. The standard InChI is InChI=1S/C25H29N3O6/c1-2-33-22(29)15-9-14-20(23(26)30)27-24(31)21(16-18-10-5-3-6-11-18)28-25(32)34-17-19-12-7-4-8-13-19/h3-13,15,20-21H,2,14,16-17H2,1H3,(H2,26,30)(H,27,31)(H,28,32)/b15-9+/t20-,21+/m0/s1. The van der Waals surface area contributed by atoms with Gasteiger partial charge in [0.1, 0.15) is 18.7 Å². The molecule has 0 saturated heterocycles. The average molecular weight is 468 g/mol. The minimum absolute atomic E-state index is 0.0175. The third kappa shape index (κ3) is 9.56. The van der Waals surface area contributed by atoms with E-state index in [1.807, 2.05) is 60.7 Å². The van der Waals surface area contributed by atoms with Crippen LogP contribution >= 0.6 is 0 Å². The fourth-order valence-electron chi connectivity index (χ4n) is 2.98. The summed E-state index contributed by atoms with van der Waals surface area (Å²) in [6.45, 7) is 1.92. The molecule has 0 fully saturated rings. The Morgan fingerprint density at radius 1 is 0.882 bits per heavy atom. The van der Waals surface area contributed by atoms with Crippen LogP contribution in [0.4, 0.5) is 4.79 Å². The van der Waals surface area contributed by atoms with E-state index in [9.17, 15) is 19.2 Å². The molecule has 4 N–H and O–H groups in total. The zero-order valence-corrected chi connectivity index (χ0v) is 18.9. The minimum atomic E-state index is -1.08. The molecule has 0 aliphatic carbocycles. The van der Waals surface area contributed by atoms with Crippen LogP contribution < -0.4 is 16.4 Å². The number of carbonyl (C=O) groups is 4. The Morgan fingerprint density at radius 3 is 2.09 bits per heavy atom. The van der Waals surface area contributed by atoms with Gasteiger partial charge in [0.25, 0.3) is 0 Å². The molecule has 2 rings (SSSR count). The number of ether oxygens (including phenoxy) is 2. The SMILES string of the molecule is CCOC(=O)/C=C/C[C@H](NC(=O)[C@@H](Cc1ccccc1)NC(=O)OCc1ccccc1)C(N)=O. The van der Waals surface area contributed by atoms with Gasteiger partial charge in [-0.25, -0.2) is 9.59 Å². The molecule has 0 aromatic heterocycles. The summed E-state index contributed by atoms with van der Waals surface area (Å²) in [5.74, 6) is -1.97. The van der Waals surface area contributed by atoms with Crippen LogP contribution in [0.25, 0.3) is 0 Å². The van der Waals surface area contributed by atoms with Crippen LogP contribution in [0.15, 0.2) is 72.8 Å². The Labute approximate surface area is 198 Å². The molecule has 2 aromatic rings. The second kappa shape index (κ2) is 14.1. The molecule has 3 amide bonds. The summed E-state index contributed by atoms with van der Waals surface area (Å²) < 4.78 is 10.0. The smallest absolute Gasteiger partial charge is 0.408 e. The first kappa shape index (κ1) is 26.1. The first-order valence-electron chi connectivity index (χ1n) is 10.8. The monoisotopic (exact) mass is 467 g/mol. The molecular formula is C25H29N3O6. The molecule has 0 aliphatic heterocycles. The molecule has 0 bridgehead atoms. The van der Waals surface area contributed by atoms with Crippen molar-refractivity contribution in [3.8, 4) is 0 Å². The van der Waals surface area contributed by atoms with Crippen LogP contribution in [-0.2, 0) is 36.9 Å². The number of alkyl carbamates (subject to hydrolysis) is 1. The quantitative estimate of drug-likeness (QED) is 0.323. The molecule has 2 atom stereocenters. The zero-order chi connectivity index (χ0) is 24.8. The number of benzene rings is 2. The molecule has 180 valence electrons. The summed E-state index contributed by atoms with van der Waals surface area (Å²) in [7, 11) is 0. The van der Waals surface area contributed by atoms with E-state index in [4.69, 9.17) is 15.2 Å². The Hall–Kier alpha value is -4.14. The second-order valence-corrected chi connectivity index (χ2v) is 7.30. The van der Waals surface area contributed by atoms with Gasteiger partial charge in [-0.1, -0.05) is 66.7 Å². The van der Waals surface area contributed by atoms with Crippen molar-refractivity contribution < 1.29 is 28.7 Å². The van der Waals surface area contributed by atoms with Gasteiger partial charge in [-0.3, -0.25) is 9.59 Å². The van der Waals surface area contributed by atoms with Crippen LogP contribution in [0.2, 0.25) is 0 Å². The van der Waals surface area contributed by atoms with Gasteiger partial charge in [0.05, 0.1) is 6.61 Å². The molecule has 0 aliphatic rings. The number of hydrogen-bond acceptors (Lipinski definition) is 6. The van der Waals surface area contributed by atoms with Gasteiger partial charge in [-0.2, -0.15) is 0 Å². The second-order valence-electron chi connectivity index (χ2n) is 7.30. The highest BCUT2D eigenvalue weighted by atomic mass is 16.5. The third-order valence-corrected chi connectivity index (χ3v) is 4.68. The Kier molecular flexibility index (Phi) is 10.8. The topological polar surface area (TPSA) is 137 Å². The number of hydrogen-bond donors (Lipinski definition) is 3. The third-order valence-electron chi connectivity index (χ3n) is 4.68. The Morgan fingerprint density at radius 2 is 1.50 bits per heavy atom. The van der Waals surface area contributed by atoms with Crippen molar-refractivity contribution in [2.75, 3.05) is 6.61 Å². The lowest BCUT2D eigenvalue weighted by molar-refractivity contribution is -0.137. The highest BCUT2D eigenvalue weighted by molar-refractivity contribution is 5.91. The maximum atomic E-state index is 13.0. The molecule has 0 unspecified atom stereocenters. The minimum Gasteiger partial charge on any atom is -0.463 e. The van der Waals surface area contributed by atoms with E-state index in [0.29, 0.717) is 0 Å². The Bertz CT molecular complexity index is 979. The fraction of sp³-hybridized carbons (Fsp3) is 0.280. The van der Waals surface area contributed by atoms with E-state index in [-0.39, 0.29) is 26.1 Å². The van der Waals surface area contributed by atoms with Gasteiger partial charge in [-0.05, 0) is 24.5 Å². The van der Waals surface area contributed by atoms with E-state index in [0.717, 1.165) is 17.2 Å². The van der Waals surface area contributed by atoms with Gasteiger partial charge in [0, 0.05) is 12.5 Å². The van der Waals surface area contributed by atoms with E-state index >= 15 is 0 Å². The van der Waals surface area contributed by atoms with Gasteiger partial charge in [0.15, 0.2) is 0 Å². The van der Waals surface area contributed by atoms with Crippen LogP contribution in [0.5, 0.6) is 0 Å². The van der Waals surface area contributed by atoms with E-state index in [1.54, 1.807) is 6.92 Å². The first-order chi connectivity index (χ1) is 16.4. The Balaban J connectivity index is 2.05. The molecule has 9 nitrogen and oxygen atoms in total. The number of nitrogens with two attached hydrogens (primary N) is 1. The van der Waals surface area contributed by atoms with Crippen molar-refractivity contribution in [1.29, 1.82) is 0 Å². The summed E-state index contributed by atoms with van der Waals surface area (Å²) in [6.07, 6.45) is 1.92. The summed E-state index contributed by atoms with van der Waals surface area (Å²) in [4.78, 5) is 48.6. The first-order valence-corrected chi connectivity index (χ1v) is 10.8. The van der Waals surface area contributed by atoms with Gasteiger partial charge >= 0.3 is 12.1 Å². The van der Waals surface area contributed by atoms with Crippen LogP contribution in [0, 0.1) is 0 Å². The summed E-state index contributed by atoms with van der Waals surface area (Å²) in [5.41, 5.74) is 7.00. The fourth-order valence-corrected chi connectivity index (χ4v) is 2.98. The molecule has 2 aromatic carbocycles. The van der Waals surface area contributed by atoms with Gasteiger partial charge in [-0.15, -0.1) is 0 Å². The molecule has 9 heteroatoms. The highest BCUT2D eigenvalue weighted by Crippen LogP contribution is 2.06. The molecule has 0 heterocycles. The largest absolute Gasteiger partial charge is 0.463 e. The molecule has 34 heavy (non-hydrogen) atoms. The normalized spacial score (nSPS) is 12.4. The van der Waals surface area contributed by atoms with Crippen molar-refractivity contribution >= 4 is 23.9 Å². The number of primary amides is 1. The zero-order valence-electron chi connectivity index (χ0n) is 18.9. The lowest BCUT2D eigenvalue weighted by Crippen LogP contribution is -2.53. The summed E-state index contributed by atoms with van der Waals surface area (Å²) in [6, 6.07) is 16.1. The number of rotatable bonds is 12. The van der Waals surface area contributed by atoms with Crippen molar-refractivity contribution in [1.82, 2.24) is 10.6 Å².